The van der Waals surface area contributed by atoms with Crippen LogP contribution in [0.15, 0.2) is 24.3 Å². The van der Waals surface area contributed by atoms with Crippen molar-refractivity contribution in [3.63, 3.8) is 0 Å². The van der Waals surface area contributed by atoms with Gasteiger partial charge in [0.15, 0.2) is 5.69 Å². The van der Waals surface area contributed by atoms with Crippen molar-refractivity contribution in [1.82, 2.24) is 15.2 Å². The fourth-order valence-electron chi connectivity index (χ4n) is 2.55. The minimum atomic E-state index is 0.0957. The molecule has 6 nitrogen and oxygen atoms in total. The highest BCUT2D eigenvalue weighted by atomic mass is 35.5. The average molecular weight is 301 g/mol. The van der Waals surface area contributed by atoms with Crippen LogP contribution in [0, 0.1) is 11.3 Å². The van der Waals surface area contributed by atoms with Crippen molar-refractivity contribution in [1.29, 1.82) is 5.26 Å². The predicted molar refractivity (Wildman–Crippen MR) is 79.7 cm³/mol. The minimum absolute atomic E-state index is 0.0957. The van der Waals surface area contributed by atoms with Crippen LogP contribution >= 0.6 is 11.6 Å². The number of nitrogens with zero attached hydrogens (tertiary/aromatic N) is 5. The van der Waals surface area contributed by atoms with Crippen LogP contribution in [-0.4, -0.2) is 21.7 Å². The van der Waals surface area contributed by atoms with Crippen LogP contribution in [-0.2, 0) is 0 Å². The summed E-state index contributed by atoms with van der Waals surface area (Å²) < 4.78 is 0. The molecule has 21 heavy (non-hydrogen) atoms. The van der Waals surface area contributed by atoms with Crippen molar-refractivity contribution in [2.75, 3.05) is 17.2 Å². The highest BCUT2D eigenvalue weighted by molar-refractivity contribution is 6.31. The average Bonchev–Trinajstić information content (AvgIpc) is 2.98. The van der Waals surface area contributed by atoms with Gasteiger partial charge in [0.2, 0.25) is 0 Å². The Balaban J connectivity index is 1.94. The van der Waals surface area contributed by atoms with Gasteiger partial charge in [-0.1, -0.05) is 11.6 Å². The molecule has 0 aliphatic carbocycles. The highest BCUT2D eigenvalue weighted by Crippen LogP contribution is 2.34. The Morgan fingerprint density at radius 3 is 2.86 bits per heavy atom. The van der Waals surface area contributed by atoms with Gasteiger partial charge in [-0.3, -0.25) is 0 Å². The smallest absolute Gasteiger partial charge is 0.161 e. The number of nitrogen functional groups attached to an aromatic ring is 1. The Hall–Kier alpha value is -2.39. The molecule has 1 saturated heterocycles. The quantitative estimate of drug-likeness (QED) is 0.915. The molecule has 3 rings (SSSR count). The Morgan fingerprint density at radius 1 is 1.29 bits per heavy atom. The van der Waals surface area contributed by atoms with Gasteiger partial charge in [0.25, 0.3) is 0 Å². The molecular weight excluding hydrogens is 288 g/mol. The molecule has 2 aromatic rings. The van der Waals surface area contributed by atoms with E-state index in [1.54, 1.807) is 12.1 Å². The van der Waals surface area contributed by atoms with Crippen LogP contribution < -0.4 is 10.6 Å². The van der Waals surface area contributed by atoms with E-state index in [9.17, 15) is 0 Å². The molecule has 1 atom stereocenters. The first-order chi connectivity index (χ1) is 10.2. The van der Waals surface area contributed by atoms with Gasteiger partial charge >= 0.3 is 0 Å². The lowest BCUT2D eigenvalue weighted by molar-refractivity contribution is 0.673. The van der Waals surface area contributed by atoms with Crippen LogP contribution in [0.1, 0.15) is 30.3 Å². The van der Waals surface area contributed by atoms with E-state index in [-0.39, 0.29) is 11.7 Å². The van der Waals surface area contributed by atoms with E-state index in [0.29, 0.717) is 10.8 Å². The van der Waals surface area contributed by atoms with Gasteiger partial charge < -0.3 is 10.6 Å². The summed E-state index contributed by atoms with van der Waals surface area (Å²) in [5.41, 5.74) is 6.67. The standard InChI is InChI=1S/C14H13ClN6/c15-9-3-6-14(18-11(9)8-16)21-7-1-2-12(21)10-4-5-13(17)20-19-10/h3-6,12H,1-2,7H2,(H2,17,20). The van der Waals surface area contributed by atoms with Crippen LogP contribution in [0.5, 0.6) is 0 Å². The van der Waals surface area contributed by atoms with Crippen molar-refractivity contribution in [2.45, 2.75) is 18.9 Å². The Labute approximate surface area is 127 Å². The molecule has 0 aromatic carbocycles. The number of rotatable bonds is 2. The van der Waals surface area contributed by atoms with Crippen molar-refractivity contribution >= 4 is 23.2 Å². The van der Waals surface area contributed by atoms with E-state index >= 15 is 0 Å². The number of hydrogen-bond acceptors (Lipinski definition) is 6. The molecule has 1 unspecified atom stereocenters. The van der Waals surface area contributed by atoms with Gasteiger partial charge in [-0.2, -0.15) is 10.4 Å². The lowest BCUT2D eigenvalue weighted by Gasteiger charge is -2.25. The summed E-state index contributed by atoms with van der Waals surface area (Å²) in [6, 6.07) is 9.26. The number of nitrogens with two attached hydrogens (primary N) is 1. The monoisotopic (exact) mass is 300 g/mol. The summed E-state index contributed by atoms with van der Waals surface area (Å²) in [5, 5.41) is 17.5. The van der Waals surface area contributed by atoms with Crippen LogP contribution in [0.25, 0.3) is 0 Å². The van der Waals surface area contributed by atoms with E-state index in [4.69, 9.17) is 22.6 Å². The summed E-state index contributed by atoms with van der Waals surface area (Å²) in [6.07, 6.45) is 1.99. The second-order valence-corrected chi connectivity index (χ2v) is 5.25. The second-order valence-electron chi connectivity index (χ2n) is 4.85. The topological polar surface area (TPSA) is 91.7 Å². The number of aromatic nitrogens is 3. The molecule has 0 bridgehead atoms. The highest BCUT2D eigenvalue weighted by Gasteiger charge is 2.28. The summed E-state index contributed by atoms with van der Waals surface area (Å²) in [4.78, 5) is 6.45. The number of halogens is 1. The number of anilines is 2. The molecule has 1 fully saturated rings. The molecule has 2 aromatic heterocycles. The van der Waals surface area contributed by atoms with Crippen molar-refractivity contribution in [3.8, 4) is 6.07 Å². The largest absolute Gasteiger partial charge is 0.382 e. The van der Waals surface area contributed by atoms with Gasteiger partial charge in [0, 0.05) is 6.54 Å². The summed E-state index contributed by atoms with van der Waals surface area (Å²) in [6.45, 7) is 0.857. The lowest BCUT2D eigenvalue weighted by Crippen LogP contribution is -2.24. The Morgan fingerprint density at radius 2 is 2.14 bits per heavy atom. The van der Waals surface area contributed by atoms with Gasteiger partial charge in [-0.15, -0.1) is 5.10 Å². The summed E-state index contributed by atoms with van der Waals surface area (Å²) in [5.74, 6) is 1.14. The lowest BCUT2D eigenvalue weighted by atomic mass is 10.1. The normalized spacial score (nSPS) is 17.7. The molecule has 0 saturated carbocycles. The molecule has 2 N–H and O–H groups in total. The fraction of sp³-hybridized carbons (Fsp3) is 0.286. The molecule has 1 aliphatic rings. The van der Waals surface area contributed by atoms with Crippen molar-refractivity contribution in [3.05, 3.63) is 40.7 Å². The van der Waals surface area contributed by atoms with E-state index < -0.39 is 0 Å². The molecule has 0 amide bonds. The van der Waals surface area contributed by atoms with Crippen LogP contribution in [0.3, 0.4) is 0 Å². The van der Waals surface area contributed by atoms with E-state index in [2.05, 4.69) is 20.1 Å². The van der Waals surface area contributed by atoms with Crippen LogP contribution in [0.4, 0.5) is 11.6 Å². The van der Waals surface area contributed by atoms with E-state index in [1.807, 2.05) is 18.2 Å². The first-order valence-electron chi connectivity index (χ1n) is 6.61. The van der Waals surface area contributed by atoms with E-state index in [1.165, 1.54) is 0 Å². The third-order valence-corrected chi connectivity index (χ3v) is 3.84. The Bertz CT molecular complexity index is 694. The number of hydrogen-bond donors (Lipinski definition) is 1. The van der Waals surface area contributed by atoms with Gasteiger partial charge in [0.05, 0.1) is 16.8 Å². The number of nitriles is 1. The van der Waals surface area contributed by atoms with Gasteiger partial charge in [0.1, 0.15) is 17.7 Å². The third kappa shape index (κ3) is 2.60. The van der Waals surface area contributed by atoms with E-state index in [0.717, 1.165) is 30.9 Å². The van der Waals surface area contributed by atoms with Crippen molar-refractivity contribution < 1.29 is 0 Å². The maximum Gasteiger partial charge on any atom is 0.161 e. The van der Waals surface area contributed by atoms with Gasteiger partial charge in [-0.05, 0) is 37.1 Å². The molecule has 106 valence electrons. The molecule has 0 spiro atoms. The molecule has 0 radical (unpaired) electrons. The second kappa shape index (κ2) is 5.54. The van der Waals surface area contributed by atoms with Crippen LogP contribution in [0.2, 0.25) is 5.02 Å². The van der Waals surface area contributed by atoms with Gasteiger partial charge in [-0.25, -0.2) is 4.98 Å². The predicted octanol–water partition coefficient (Wildman–Crippen LogP) is 2.32. The van der Waals surface area contributed by atoms with Crippen molar-refractivity contribution in [2.24, 2.45) is 0 Å². The maximum atomic E-state index is 9.05. The molecule has 3 heterocycles. The molecular formula is C14H13ClN6. The zero-order valence-electron chi connectivity index (χ0n) is 11.2. The Kier molecular flexibility index (Phi) is 3.59. The summed E-state index contributed by atoms with van der Waals surface area (Å²) >= 11 is 5.93. The maximum absolute atomic E-state index is 9.05. The first kappa shape index (κ1) is 13.6. The fourth-order valence-corrected chi connectivity index (χ4v) is 2.70. The number of pyridine rings is 1. The first-order valence-corrected chi connectivity index (χ1v) is 6.99. The minimum Gasteiger partial charge on any atom is -0.382 e. The molecule has 1 aliphatic heterocycles. The SMILES string of the molecule is N#Cc1nc(N2CCCC2c2ccc(N)nn2)ccc1Cl. The zero-order chi connectivity index (χ0) is 14.8. The third-order valence-electron chi connectivity index (χ3n) is 3.53. The summed E-state index contributed by atoms with van der Waals surface area (Å²) in [7, 11) is 0. The zero-order valence-corrected chi connectivity index (χ0v) is 12.0. The molecule has 7 heteroatoms.